The minimum atomic E-state index is -0.125. The number of nitrogens with zero attached hydrogens (tertiary/aromatic N) is 1. The topological polar surface area (TPSA) is 58.6 Å². The Morgan fingerprint density at radius 3 is 2.42 bits per heavy atom. The van der Waals surface area contributed by atoms with Crippen molar-refractivity contribution in [2.24, 2.45) is 0 Å². The van der Waals surface area contributed by atoms with Crippen LogP contribution in [0.2, 0.25) is 0 Å². The normalized spacial score (nSPS) is 16.5. The number of hydrogen-bond donors (Lipinski definition) is 1. The number of thioether (sulfide) groups is 1. The molecule has 1 heterocycles. The molecule has 0 spiro atoms. The number of benzene rings is 3. The highest BCUT2D eigenvalue weighted by atomic mass is 32.2. The van der Waals surface area contributed by atoms with Crippen LogP contribution >= 0.6 is 11.8 Å². The number of methoxy groups -OCH3 is 1. The zero-order chi connectivity index (χ0) is 23.2. The predicted molar refractivity (Wildman–Crippen MR) is 132 cm³/mol. The molecule has 0 aliphatic carbocycles. The Morgan fingerprint density at radius 1 is 1.06 bits per heavy atom. The van der Waals surface area contributed by atoms with E-state index in [1.165, 1.54) is 5.56 Å². The second kappa shape index (κ2) is 10.6. The Kier molecular flexibility index (Phi) is 7.35. The number of amides is 2. The van der Waals surface area contributed by atoms with E-state index in [-0.39, 0.29) is 23.2 Å². The average Bonchev–Trinajstić information content (AvgIpc) is 3.23. The maximum absolute atomic E-state index is 12.8. The molecule has 0 saturated carbocycles. The van der Waals surface area contributed by atoms with Gasteiger partial charge in [0.1, 0.15) is 11.1 Å². The summed E-state index contributed by atoms with van der Waals surface area (Å²) in [5, 5.41) is 3.03. The van der Waals surface area contributed by atoms with E-state index < -0.39 is 0 Å². The number of hydrogen-bond acceptors (Lipinski definition) is 4. The van der Waals surface area contributed by atoms with Crippen molar-refractivity contribution in [1.82, 2.24) is 10.2 Å². The summed E-state index contributed by atoms with van der Waals surface area (Å²) in [5.74, 6) is 1.31. The first kappa shape index (κ1) is 22.9. The van der Waals surface area contributed by atoms with Crippen molar-refractivity contribution in [2.75, 3.05) is 19.4 Å². The van der Waals surface area contributed by atoms with E-state index in [0.29, 0.717) is 17.9 Å². The molecule has 1 aliphatic rings. The monoisotopic (exact) mass is 460 g/mol. The molecule has 2 atom stereocenters. The Bertz CT molecular complexity index is 1080. The van der Waals surface area contributed by atoms with Gasteiger partial charge in [-0.1, -0.05) is 54.6 Å². The van der Waals surface area contributed by atoms with E-state index in [0.717, 1.165) is 23.3 Å². The first-order chi connectivity index (χ1) is 16.0. The smallest absolute Gasteiger partial charge is 0.251 e. The lowest BCUT2D eigenvalue weighted by molar-refractivity contribution is -0.128. The first-order valence-electron chi connectivity index (χ1n) is 11.0. The molecule has 3 aromatic rings. The van der Waals surface area contributed by atoms with Crippen LogP contribution in [0.3, 0.4) is 0 Å². The molecule has 0 unspecified atom stereocenters. The van der Waals surface area contributed by atoms with E-state index in [4.69, 9.17) is 4.74 Å². The molecule has 170 valence electrons. The van der Waals surface area contributed by atoms with Gasteiger partial charge in [0, 0.05) is 12.1 Å². The fourth-order valence-electron chi connectivity index (χ4n) is 3.92. The summed E-state index contributed by atoms with van der Waals surface area (Å²) in [6, 6.07) is 25.3. The Morgan fingerprint density at radius 2 is 1.76 bits per heavy atom. The molecule has 33 heavy (non-hydrogen) atoms. The standard InChI is InChI=1S/C27H28N2O3S/c1-19(21-12-14-24(32-2)15-13-21)28-26(31)22-8-10-23(11-9-22)27-29(25(30)18-33-27)17-16-20-6-4-3-5-7-20/h3-15,19,27H,16-18H2,1-2H3,(H,28,31)/t19-,27+/m1/s1. The fraction of sp³-hybridized carbons (Fsp3) is 0.259. The third kappa shape index (κ3) is 5.57. The van der Waals surface area contributed by atoms with E-state index in [1.807, 2.05) is 78.6 Å². The Labute approximate surface area is 199 Å². The van der Waals surface area contributed by atoms with Crippen molar-refractivity contribution in [3.05, 3.63) is 101 Å². The quantitative estimate of drug-likeness (QED) is 0.514. The van der Waals surface area contributed by atoms with Crippen LogP contribution < -0.4 is 10.1 Å². The molecule has 0 radical (unpaired) electrons. The van der Waals surface area contributed by atoms with E-state index in [1.54, 1.807) is 18.9 Å². The minimum absolute atomic E-state index is 0.0171. The van der Waals surface area contributed by atoms with Crippen molar-refractivity contribution in [1.29, 1.82) is 0 Å². The summed E-state index contributed by atoms with van der Waals surface area (Å²) < 4.78 is 5.19. The van der Waals surface area contributed by atoms with Gasteiger partial charge in [-0.15, -0.1) is 11.8 Å². The summed E-state index contributed by atoms with van der Waals surface area (Å²) in [6.45, 7) is 2.64. The van der Waals surface area contributed by atoms with Gasteiger partial charge in [0.25, 0.3) is 5.91 Å². The highest BCUT2D eigenvalue weighted by Crippen LogP contribution is 2.38. The third-order valence-electron chi connectivity index (χ3n) is 5.87. The molecular formula is C27H28N2O3S. The Hall–Kier alpha value is -3.25. The molecule has 1 N–H and O–H groups in total. The van der Waals surface area contributed by atoms with Crippen LogP contribution in [0.1, 0.15) is 45.4 Å². The zero-order valence-corrected chi connectivity index (χ0v) is 19.7. The molecule has 5 nitrogen and oxygen atoms in total. The van der Waals surface area contributed by atoms with Crippen LogP contribution in [0.15, 0.2) is 78.9 Å². The van der Waals surface area contributed by atoms with Gasteiger partial charge in [0.05, 0.1) is 18.9 Å². The van der Waals surface area contributed by atoms with Crippen LogP contribution in [0.4, 0.5) is 0 Å². The maximum atomic E-state index is 12.8. The molecular weight excluding hydrogens is 432 g/mol. The van der Waals surface area contributed by atoms with Gasteiger partial charge in [0.2, 0.25) is 5.91 Å². The van der Waals surface area contributed by atoms with Gasteiger partial charge < -0.3 is 15.0 Å². The van der Waals surface area contributed by atoms with Gasteiger partial charge in [-0.05, 0) is 54.3 Å². The molecule has 1 fully saturated rings. The van der Waals surface area contributed by atoms with Crippen molar-refractivity contribution in [3.8, 4) is 5.75 Å². The minimum Gasteiger partial charge on any atom is -0.497 e. The number of rotatable bonds is 8. The Balaban J connectivity index is 1.39. The third-order valence-corrected chi connectivity index (χ3v) is 7.13. The number of carbonyl (C=O) groups is 2. The second-order valence-corrected chi connectivity index (χ2v) is 9.14. The lowest BCUT2D eigenvalue weighted by Crippen LogP contribution is -2.30. The molecule has 0 bridgehead atoms. The van der Waals surface area contributed by atoms with Crippen molar-refractivity contribution >= 4 is 23.6 Å². The highest BCUT2D eigenvalue weighted by molar-refractivity contribution is 8.00. The summed E-state index contributed by atoms with van der Waals surface area (Å²) in [6.07, 6.45) is 0.827. The van der Waals surface area contributed by atoms with Crippen molar-refractivity contribution in [2.45, 2.75) is 24.8 Å². The van der Waals surface area contributed by atoms with E-state index in [2.05, 4.69) is 17.4 Å². The summed E-state index contributed by atoms with van der Waals surface area (Å²) >= 11 is 1.64. The number of carbonyl (C=O) groups excluding carboxylic acids is 2. The van der Waals surface area contributed by atoms with Gasteiger partial charge in [-0.2, -0.15) is 0 Å². The van der Waals surface area contributed by atoms with Crippen LogP contribution in [0.25, 0.3) is 0 Å². The van der Waals surface area contributed by atoms with Crippen LogP contribution in [0.5, 0.6) is 5.75 Å². The van der Waals surface area contributed by atoms with Crippen LogP contribution in [0, 0.1) is 0 Å². The average molecular weight is 461 g/mol. The van der Waals surface area contributed by atoms with Crippen LogP contribution in [-0.4, -0.2) is 36.1 Å². The fourth-order valence-corrected chi connectivity index (χ4v) is 5.14. The lowest BCUT2D eigenvalue weighted by atomic mass is 10.1. The van der Waals surface area contributed by atoms with Crippen molar-refractivity contribution < 1.29 is 14.3 Å². The molecule has 2 amide bonds. The lowest BCUT2D eigenvalue weighted by Gasteiger charge is -2.24. The van der Waals surface area contributed by atoms with Gasteiger partial charge in [-0.3, -0.25) is 9.59 Å². The summed E-state index contributed by atoms with van der Waals surface area (Å²) in [4.78, 5) is 27.2. The van der Waals surface area contributed by atoms with Crippen LogP contribution in [-0.2, 0) is 11.2 Å². The van der Waals surface area contributed by atoms with E-state index in [9.17, 15) is 9.59 Å². The molecule has 1 aliphatic heterocycles. The SMILES string of the molecule is COc1ccc([C@@H](C)NC(=O)c2ccc([C@@H]3SCC(=O)N3CCc3ccccc3)cc2)cc1. The molecule has 6 heteroatoms. The maximum Gasteiger partial charge on any atom is 0.251 e. The molecule has 0 aromatic heterocycles. The molecule has 1 saturated heterocycles. The van der Waals surface area contributed by atoms with Gasteiger partial charge in [-0.25, -0.2) is 0 Å². The van der Waals surface area contributed by atoms with Crippen molar-refractivity contribution in [3.63, 3.8) is 0 Å². The summed E-state index contributed by atoms with van der Waals surface area (Å²) in [7, 11) is 1.63. The number of ether oxygens (including phenoxy) is 1. The van der Waals surface area contributed by atoms with Gasteiger partial charge in [0.15, 0.2) is 0 Å². The largest absolute Gasteiger partial charge is 0.497 e. The number of nitrogens with one attached hydrogen (secondary N) is 1. The van der Waals surface area contributed by atoms with E-state index >= 15 is 0 Å². The first-order valence-corrected chi connectivity index (χ1v) is 12.1. The zero-order valence-electron chi connectivity index (χ0n) is 18.9. The second-order valence-electron chi connectivity index (χ2n) is 8.08. The molecule has 3 aromatic carbocycles. The summed E-state index contributed by atoms with van der Waals surface area (Å²) in [5.41, 5.74) is 3.87. The highest BCUT2D eigenvalue weighted by Gasteiger charge is 2.32. The molecule has 4 rings (SSSR count). The van der Waals surface area contributed by atoms with Gasteiger partial charge >= 0.3 is 0 Å². The predicted octanol–water partition coefficient (Wildman–Crippen LogP) is 5.00.